The Morgan fingerprint density at radius 3 is 2.52 bits per heavy atom. The highest BCUT2D eigenvalue weighted by molar-refractivity contribution is 5.95. The molecule has 2 fully saturated rings. The molecule has 1 unspecified atom stereocenters. The molecule has 6 heteroatoms. The summed E-state index contributed by atoms with van der Waals surface area (Å²) < 4.78 is 5.86. The summed E-state index contributed by atoms with van der Waals surface area (Å²) in [5.41, 5.74) is 4.59. The molecule has 1 aromatic carbocycles. The summed E-state index contributed by atoms with van der Waals surface area (Å²) in [7, 11) is 0. The van der Waals surface area contributed by atoms with E-state index in [0.717, 1.165) is 57.6 Å². The van der Waals surface area contributed by atoms with Gasteiger partial charge in [0.05, 0.1) is 17.9 Å². The first-order chi connectivity index (χ1) is 15.2. The molecule has 3 aliphatic rings. The quantitative estimate of drug-likeness (QED) is 0.777. The average molecular weight is 423 g/mol. The van der Waals surface area contributed by atoms with E-state index in [1.54, 1.807) is 6.20 Å². The van der Waals surface area contributed by atoms with Gasteiger partial charge < -0.3 is 9.64 Å². The number of hydrogen-bond donors (Lipinski definition) is 1. The topological polar surface area (TPSA) is 61.5 Å². The molecule has 5 rings (SSSR count). The molecule has 2 saturated heterocycles. The maximum absolute atomic E-state index is 13.3. The molecule has 166 valence electrons. The number of likely N-dealkylation sites (tertiary alicyclic amines) is 1. The zero-order chi connectivity index (χ0) is 21.2. The number of nitrogens with one attached hydrogen (secondary N) is 1. The molecule has 3 heterocycles. The second-order valence-electron chi connectivity index (χ2n) is 9.56. The highest BCUT2D eigenvalue weighted by Crippen LogP contribution is 2.29. The second kappa shape index (κ2) is 9.13. The number of benzene rings is 1. The van der Waals surface area contributed by atoms with E-state index in [0.29, 0.717) is 24.1 Å². The van der Waals surface area contributed by atoms with E-state index in [2.05, 4.69) is 39.4 Å². The van der Waals surface area contributed by atoms with Crippen LogP contribution in [0, 0.1) is 12.8 Å². The van der Waals surface area contributed by atoms with Crippen molar-refractivity contribution in [3.05, 3.63) is 52.8 Å². The van der Waals surface area contributed by atoms with Crippen molar-refractivity contribution in [3.63, 3.8) is 0 Å². The fraction of sp³-hybridized carbons (Fsp3) is 0.600. The lowest BCUT2D eigenvalue weighted by molar-refractivity contribution is 0.0429. The maximum Gasteiger partial charge on any atom is 0.257 e. The molecule has 1 aromatic heterocycles. The highest BCUT2D eigenvalue weighted by Gasteiger charge is 2.32. The summed E-state index contributed by atoms with van der Waals surface area (Å²) in [6.07, 6.45) is 8.68. The van der Waals surface area contributed by atoms with Crippen molar-refractivity contribution in [2.24, 2.45) is 5.92 Å². The van der Waals surface area contributed by atoms with E-state index in [1.165, 1.54) is 24.0 Å². The molecule has 0 bridgehead atoms. The summed E-state index contributed by atoms with van der Waals surface area (Å²) in [4.78, 5) is 18.0. The fourth-order valence-corrected chi connectivity index (χ4v) is 5.62. The van der Waals surface area contributed by atoms with Crippen LogP contribution in [0.4, 0.5) is 0 Å². The predicted molar refractivity (Wildman–Crippen MR) is 120 cm³/mol. The smallest absolute Gasteiger partial charge is 0.257 e. The first-order valence-corrected chi connectivity index (χ1v) is 11.9. The van der Waals surface area contributed by atoms with Gasteiger partial charge in [-0.25, -0.2) is 0 Å². The zero-order valence-electron chi connectivity index (χ0n) is 18.6. The Kier molecular flexibility index (Phi) is 6.10. The van der Waals surface area contributed by atoms with Gasteiger partial charge in [-0.1, -0.05) is 24.3 Å². The fourth-order valence-electron chi connectivity index (χ4n) is 5.62. The zero-order valence-corrected chi connectivity index (χ0v) is 18.6. The van der Waals surface area contributed by atoms with E-state index >= 15 is 0 Å². The van der Waals surface area contributed by atoms with Gasteiger partial charge in [0.25, 0.3) is 5.91 Å². The molecule has 0 saturated carbocycles. The molecular weight excluding hydrogens is 388 g/mol. The number of carbonyl (C=O) groups is 1. The molecule has 1 amide bonds. The van der Waals surface area contributed by atoms with Gasteiger partial charge in [0.2, 0.25) is 0 Å². The van der Waals surface area contributed by atoms with Crippen LogP contribution in [-0.2, 0) is 17.6 Å². The normalized spacial score (nSPS) is 22.7. The first-order valence-electron chi connectivity index (χ1n) is 11.9. The van der Waals surface area contributed by atoms with Gasteiger partial charge in [0.1, 0.15) is 0 Å². The summed E-state index contributed by atoms with van der Waals surface area (Å²) in [5, 5.41) is 6.98. The second-order valence-corrected chi connectivity index (χ2v) is 9.56. The number of amides is 1. The molecular formula is C25H34N4O2. The third-order valence-electron chi connectivity index (χ3n) is 7.47. The van der Waals surface area contributed by atoms with Gasteiger partial charge in [-0.15, -0.1) is 0 Å². The minimum Gasteiger partial charge on any atom is -0.376 e. The number of hydrogen-bond acceptors (Lipinski definition) is 4. The van der Waals surface area contributed by atoms with Crippen LogP contribution in [0.1, 0.15) is 52.9 Å². The third kappa shape index (κ3) is 4.55. The number of nitrogens with zero attached hydrogens (tertiary/aromatic N) is 3. The number of piperidine rings is 1. The Labute approximate surface area is 185 Å². The van der Waals surface area contributed by atoms with Crippen molar-refractivity contribution in [1.29, 1.82) is 0 Å². The summed E-state index contributed by atoms with van der Waals surface area (Å²) in [6, 6.07) is 9.55. The van der Waals surface area contributed by atoms with E-state index in [4.69, 9.17) is 4.74 Å². The molecule has 1 aliphatic carbocycles. The lowest BCUT2D eigenvalue weighted by Gasteiger charge is -2.38. The summed E-state index contributed by atoms with van der Waals surface area (Å²) in [6.45, 7) is 6.53. The van der Waals surface area contributed by atoms with Gasteiger partial charge >= 0.3 is 0 Å². The van der Waals surface area contributed by atoms with Crippen LogP contribution in [-0.4, -0.2) is 70.8 Å². The van der Waals surface area contributed by atoms with Crippen molar-refractivity contribution >= 4 is 5.91 Å². The number of aromatic nitrogens is 2. The van der Waals surface area contributed by atoms with Gasteiger partial charge in [-0.2, -0.15) is 5.10 Å². The van der Waals surface area contributed by atoms with Gasteiger partial charge in [-0.05, 0) is 75.6 Å². The molecule has 1 N–H and O–H groups in total. The average Bonchev–Trinajstić information content (AvgIpc) is 3.54. The Balaban J connectivity index is 1.19. The van der Waals surface area contributed by atoms with Crippen molar-refractivity contribution in [2.75, 3.05) is 32.8 Å². The summed E-state index contributed by atoms with van der Waals surface area (Å²) in [5.74, 6) is 0.646. The third-order valence-corrected chi connectivity index (χ3v) is 7.47. The molecule has 2 aliphatic heterocycles. The van der Waals surface area contributed by atoms with Crippen LogP contribution >= 0.6 is 0 Å². The molecule has 0 spiro atoms. The van der Waals surface area contributed by atoms with E-state index < -0.39 is 0 Å². The Bertz CT molecular complexity index is 871. The van der Waals surface area contributed by atoms with E-state index in [-0.39, 0.29) is 12.0 Å². The Morgan fingerprint density at radius 2 is 1.90 bits per heavy atom. The number of fused-ring (bicyclic) bond motifs is 1. The van der Waals surface area contributed by atoms with Gasteiger partial charge in [0.15, 0.2) is 0 Å². The van der Waals surface area contributed by atoms with Crippen LogP contribution in [0.15, 0.2) is 30.5 Å². The lowest BCUT2D eigenvalue weighted by Crippen LogP contribution is -2.46. The predicted octanol–water partition coefficient (Wildman–Crippen LogP) is 3.22. The van der Waals surface area contributed by atoms with Gasteiger partial charge in [-0.3, -0.25) is 14.8 Å². The summed E-state index contributed by atoms with van der Waals surface area (Å²) >= 11 is 0. The van der Waals surface area contributed by atoms with Crippen LogP contribution in [0.3, 0.4) is 0 Å². The largest absolute Gasteiger partial charge is 0.376 e. The minimum atomic E-state index is 0.0930. The Hall–Kier alpha value is -2.18. The molecule has 1 atom stereocenters. The van der Waals surface area contributed by atoms with Crippen molar-refractivity contribution < 1.29 is 9.53 Å². The molecule has 2 aromatic rings. The number of aromatic amines is 1. The SMILES string of the molecule is Cc1[nH]ncc1C(=O)N(CC1CCN(C2Cc3ccccc3C2)CC1)CC1CCCO1. The van der Waals surface area contributed by atoms with Crippen molar-refractivity contribution in [3.8, 4) is 0 Å². The highest BCUT2D eigenvalue weighted by atomic mass is 16.5. The monoisotopic (exact) mass is 422 g/mol. The number of H-pyrrole nitrogens is 1. The van der Waals surface area contributed by atoms with Crippen molar-refractivity contribution in [2.45, 2.75) is 57.6 Å². The molecule has 6 nitrogen and oxygen atoms in total. The standard InChI is InChI=1S/C25H34N4O2/c1-18-24(15-26-27-18)25(30)29(17-23-7-4-12-31-23)16-19-8-10-28(11-9-19)22-13-20-5-2-3-6-21(20)14-22/h2-3,5-6,15,19,22-23H,4,7-14,16-17H2,1H3,(H,26,27). The van der Waals surface area contributed by atoms with Crippen LogP contribution in [0.25, 0.3) is 0 Å². The molecule has 31 heavy (non-hydrogen) atoms. The number of carbonyl (C=O) groups excluding carboxylic acids is 1. The number of rotatable bonds is 6. The molecule has 0 radical (unpaired) electrons. The number of aryl methyl sites for hydroxylation is 1. The minimum absolute atomic E-state index is 0.0930. The van der Waals surface area contributed by atoms with Crippen LogP contribution in [0.2, 0.25) is 0 Å². The van der Waals surface area contributed by atoms with Crippen molar-refractivity contribution in [1.82, 2.24) is 20.0 Å². The maximum atomic E-state index is 13.3. The van der Waals surface area contributed by atoms with Gasteiger partial charge in [0, 0.05) is 31.4 Å². The van der Waals surface area contributed by atoms with E-state index in [9.17, 15) is 4.79 Å². The lowest BCUT2D eigenvalue weighted by atomic mass is 9.94. The number of ether oxygens (including phenoxy) is 1. The van der Waals surface area contributed by atoms with Crippen LogP contribution < -0.4 is 0 Å². The first kappa shape index (κ1) is 20.7. The van der Waals surface area contributed by atoms with E-state index in [1.807, 2.05) is 11.8 Å². The van der Waals surface area contributed by atoms with Crippen LogP contribution in [0.5, 0.6) is 0 Å². The Morgan fingerprint density at radius 1 is 1.16 bits per heavy atom.